The summed E-state index contributed by atoms with van der Waals surface area (Å²) < 4.78 is 0. The van der Waals surface area contributed by atoms with Crippen LogP contribution in [0.15, 0.2) is 24.3 Å². The van der Waals surface area contributed by atoms with E-state index >= 15 is 0 Å². The summed E-state index contributed by atoms with van der Waals surface area (Å²) in [5, 5.41) is 9.32. The van der Waals surface area contributed by atoms with E-state index in [0.29, 0.717) is 6.04 Å². The third kappa shape index (κ3) is 2.74. The van der Waals surface area contributed by atoms with E-state index in [4.69, 9.17) is 5.73 Å². The molecule has 1 atom stereocenters. The molecule has 1 unspecified atom stereocenters. The Kier molecular flexibility index (Phi) is 3.80. The molecule has 2 rings (SSSR count). The maximum Gasteiger partial charge on any atom is 0.0586 e. The van der Waals surface area contributed by atoms with E-state index in [2.05, 4.69) is 17.0 Å². The van der Waals surface area contributed by atoms with Crippen molar-refractivity contribution in [1.29, 1.82) is 0 Å². The van der Waals surface area contributed by atoms with E-state index in [1.165, 1.54) is 18.4 Å². The van der Waals surface area contributed by atoms with Crippen molar-refractivity contribution in [2.75, 3.05) is 18.9 Å². The monoisotopic (exact) mass is 220 g/mol. The zero-order valence-electron chi connectivity index (χ0n) is 9.60. The van der Waals surface area contributed by atoms with Crippen LogP contribution in [0.5, 0.6) is 0 Å². The Bertz CT molecular complexity index is 323. The molecule has 3 N–H and O–H groups in total. The molecular formula is C13H20N2O. The largest absolute Gasteiger partial charge is 0.399 e. The number of likely N-dealkylation sites (tertiary alicyclic amines) is 1. The number of piperidine rings is 1. The zero-order valence-corrected chi connectivity index (χ0v) is 9.60. The molecule has 3 heteroatoms. The van der Waals surface area contributed by atoms with Gasteiger partial charge in [0.05, 0.1) is 6.61 Å². The zero-order chi connectivity index (χ0) is 11.4. The molecule has 0 spiro atoms. The Balaban J connectivity index is 1.99. The van der Waals surface area contributed by atoms with Crippen LogP contribution < -0.4 is 5.73 Å². The van der Waals surface area contributed by atoms with Crippen LogP contribution in [0, 0.1) is 0 Å². The standard InChI is InChI=1S/C13H20N2O/c14-12-6-4-11(5-7-12)9-15-8-2-1-3-13(15)10-16/h4-7,13,16H,1-3,8-10,14H2. The quantitative estimate of drug-likeness (QED) is 0.761. The van der Waals surface area contributed by atoms with Gasteiger partial charge in [0.15, 0.2) is 0 Å². The average molecular weight is 220 g/mol. The Morgan fingerprint density at radius 3 is 2.69 bits per heavy atom. The van der Waals surface area contributed by atoms with Gasteiger partial charge in [-0.3, -0.25) is 4.90 Å². The minimum Gasteiger partial charge on any atom is -0.399 e. The van der Waals surface area contributed by atoms with Gasteiger partial charge in [-0.25, -0.2) is 0 Å². The Hall–Kier alpha value is -1.06. The lowest BCUT2D eigenvalue weighted by Crippen LogP contribution is -2.41. The van der Waals surface area contributed by atoms with Crippen molar-refractivity contribution in [2.24, 2.45) is 0 Å². The molecule has 1 aromatic rings. The van der Waals surface area contributed by atoms with Crippen LogP contribution in [0.3, 0.4) is 0 Å². The molecule has 0 radical (unpaired) electrons. The van der Waals surface area contributed by atoms with E-state index in [0.717, 1.165) is 25.2 Å². The highest BCUT2D eigenvalue weighted by Crippen LogP contribution is 2.19. The maximum absolute atomic E-state index is 9.32. The second kappa shape index (κ2) is 5.32. The smallest absolute Gasteiger partial charge is 0.0586 e. The Morgan fingerprint density at radius 2 is 2.00 bits per heavy atom. The molecule has 0 aliphatic carbocycles. The predicted octanol–water partition coefficient (Wildman–Crippen LogP) is 1.62. The summed E-state index contributed by atoms with van der Waals surface area (Å²) >= 11 is 0. The van der Waals surface area contributed by atoms with Gasteiger partial charge in [0.2, 0.25) is 0 Å². The number of nitrogens with two attached hydrogens (primary N) is 1. The minimum absolute atomic E-state index is 0.273. The summed E-state index contributed by atoms with van der Waals surface area (Å²) in [7, 11) is 0. The van der Waals surface area contributed by atoms with Gasteiger partial charge in [-0.1, -0.05) is 18.6 Å². The molecule has 0 amide bonds. The lowest BCUT2D eigenvalue weighted by Gasteiger charge is -2.34. The van der Waals surface area contributed by atoms with Gasteiger partial charge in [0.25, 0.3) is 0 Å². The molecule has 1 saturated heterocycles. The first-order valence-electron chi connectivity index (χ1n) is 5.99. The second-order valence-electron chi connectivity index (χ2n) is 4.54. The van der Waals surface area contributed by atoms with Crippen molar-refractivity contribution in [3.63, 3.8) is 0 Å². The van der Waals surface area contributed by atoms with Crippen molar-refractivity contribution in [3.8, 4) is 0 Å². The van der Waals surface area contributed by atoms with Crippen molar-refractivity contribution in [3.05, 3.63) is 29.8 Å². The number of hydrogen-bond donors (Lipinski definition) is 2. The molecule has 1 aliphatic heterocycles. The number of benzene rings is 1. The van der Waals surface area contributed by atoms with Gasteiger partial charge in [-0.2, -0.15) is 0 Å². The fraction of sp³-hybridized carbons (Fsp3) is 0.538. The highest BCUT2D eigenvalue weighted by molar-refractivity contribution is 5.39. The first kappa shape index (κ1) is 11.4. The molecule has 1 aromatic carbocycles. The molecule has 0 aromatic heterocycles. The maximum atomic E-state index is 9.32. The van der Waals surface area contributed by atoms with E-state index in [1.54, 1.807) is 0 Å². The molecule has 3 nitrogen and oxygen atoms in total. The Labute approximate surface area is 96.9 Å². The highest BCUT2D eigenvalue weighted by Gasteiger charge is 2.21. The van der Waals surface area contributed by atoms with Crippen molar-refractivity contribution < 1.29 is 5.11 Å². The summed E-state index contributed by atoms with van der Waals surface area (Å²) in [6.45, 7) is 2.29. The molecule has 1 fully saturated rings. The van der Waals surface area contributed by atoms with Gasteiger partial charge in [0, 0.05) is 18.3 Å². The summed E-state index contributed by atoms with van der Waals surface area (Å²) in [6.07, 6.45) is 3.60. The third-order valence-electron chi connectivity index (χ3n) is 3.33. The number of anilines is 1. The number of nitrogens with zero attached hydrogens (tertiary/aromatic N) is 1. The fourth-order valence-electron chi connectivity index (χ4n) is 2.33. The molecule has 88 valence electrons. The molecule has 1 heterocycles. The van der Waals surface area contributed by atoms with Crippen LogP contribution in [0.2, 0.25) is 0 Å². The highest BCUT2D eigenvalue weighted by atomic mass is 16.3. The molecule has 0 saturated carbocycles. The number of rotatable bonds is 3. The van der Waals surface area contributed by atoms with Crippen LogP contribution in [-0.2, 0) is 6.54 Å². The topological polar surface area (TPSA) is 49.5 Å². The van der Waals surface area contributed by atoms with Gasteiger partial charge in [-0.15, -0.1) is 0 Å². The van der Waals surface area contributed by atoms with E-state index in [1.807, 2.05) is 12.1 Å². The number of aliphatic hydroxyl groups is 1. The van der Waals surface area contributed by atoms with Gasteiger partial charge >= 0.3 is 0 Å². The first-order valence-corrected chi connectivity index (χ1v) is 5.99. The number of aliphatic hydroxyl groups excluding tert-OH is 1. The number of nitrogen functional groups attached to an aromatic ring is 1. The van der Waals surface area contributed by atoms with E-state index < -0.39 is 0 Å². The lowest BCUT2D eigenvalue weighted by atomic mass is 10.0. The van der Waals surface area contributed by atoms with Crippen LogP contribution in [0.4, 0.5) is 5.69 Å². The SMILES string of the molecule is Nc1ccc(CN2CCCCC2CO)cc1. The molecule has 0 bridgehead atoms. The summed E-state index contributed by atoms with van der Waals surface area (Å²) in [5.41, 5.74) is 7.74. The number of hydrogen-bond acceptors (Lipinski definition) is 3. The summed E-state index contributed by atoms with van der Waals surface area (Å²) in [5.74, 6) is 0. The predicted molar refractivity (Wildman–Crippen MR) is 66.0 cm³/mol. The minimum atomic E-state index is 0.273. The molecule has 1 aliphatic rings. The summed E-state index contributed by atoms with van der Waals surface area (Å²) in [4.78, 5) is 2.37. The van der Waals surface area contributed by atoms with Crippen molar-refractivity contribution >= 4 is 5.69 Å². The van der Waals surface area contributed by atoms with Crippen molar-refractivity contribution in [1.82, 2.24) is 4.90 Å². The van der Waals surface area contributed by atoms with Crippen LogP contribution in [0.1, 0.15) is 24.8 Å². The molecular weight excluding hydrogens is 200 g/mol. The summed E-state index contributed by atoms with van der Waals surface area (Å²) in [6, 6.07) is 8.35. The first-order chi connectivity index (χ1) is 7.79. The lowest BCUT2D eigenvalue weighted by molar-refractivity contribution is 0.0841. The van der Waals surface area contributed by atoms with Gasteiger partial charge in [0.1, 0.15) is 0 Å². The second-order valence-corrected chi connectivity index (χ2v) is 4.54. The van der Waals surface area contributed by atoms with E-state index in [9.17, 15) is 5.11 Å². The fourth-order valence-corrected chi connectivity index (χ4v) is 2.33. The van der Waals surface area contributed by atoms with Crippen LogP contribution in [-0.4, -0.2) is 29.2 Å². The van der Waals surface area contributed by atoms with Crippen LogP contribution >= 0.6 is 0 Å². The van der Waals surface area contributed by atoms with Crippen molar-refractivity contribution in [2.45, 2.75) is 31.8 Å². The molecule has 16 heavy (non-hydrogen) atoms. The Morgan fingerprint density at radius 1 is 1.25 bits per heavy atom. The van der Waals surface area contributed by atoms with Gasteiger partial charge < -0.3 is 10.8 Å². The van der Waals surface area contributed by atoms with Crippen LogP contribution in [0.25, 0.3) is 0 Å². The average Bonchev–Trinajstić information content (AvgIpc) is 2.33. The third-order valence-corrected chi connectivity index (χ3v) is 3.33. The normalized spacial score (nSPS) is 22.2. The van der Waals surface area contributed by atoms with E-state index in [-0.39, 0.29) is 6.61 Å². The van der Waals surface area contributed by atoms with Gasteiger partial charge in [-0.05, 0) is 37.1 Å².